The van der Waals surface area contributed by atoms with Crippen LogP contribution in [0.25, 0.3) is 23.3 Å². The third-order valence-corrected chi connectivity index (χ3v) is 6.58. The van der Waals surface area contributed by atoms with Crippen molar-refractivity contribution in [3.8, 4) is 11.1 Å². The Hall–Kier alpha value is -1.27. The van der Waals surface area contributed by atoms with Gasteiger partial charge in [-0.3, -0.25) is 6.08 Å². The fraction of sp³-hybridized carbons (Fsp3) is 0.250. The van der Waals surface area contributed by atoms with Gasteiger partial charge in [-0.1, -0.05) is 42.0 Å². The van der Waals surface area contributed by atoms with Gasteiger partial charge in [0.15, 0.2) is 0 Å². The van der Waals surface area contributed by atoms with Crippen LogP contribution in [0.4, 0.5) is 0 Å². The summed E-state index contributed by atoms with van der Waals surface area (Å²) in [6.07, 6.45) is 22.1. The molecule has 0 heterocycles. The number of hydrogen-bond donors (Lipinski definition) is 0. The molecule has 31 heavy (non-hydrogen) atoms. The zero-order valence-corrected chi connectivity index (χ0v) is 21.9. The maximum absolute atomic E-state index is 3.82. The molecule has 0 aromatic heterocycles. The molecule has 2 aromatic carbocycles. The number of benzene rings is 2. The van der Waals surface area contributed by atoms with E-state index in [0.717, 1.165) is 18.4 Å². The molecule has 3 aliphatic rings. The first-order chi connectivity index (χ1) is 14.2. The summed E-state index contributed by atoms with van der Waals surface area (Å²) in [6.45, 7) is 7.63. The molecule has 0 bridgehead atoms. The van der Waals surface area contributed by atoms with Crippen molar-refractivity contribution in [3.63, 3.8) is 0 Å². The predicted octanol–water partition coefficient (Wildman–Crippen LogP) is 1.33. The second-order valence-corrected chi connectivity index (χ2v) is 9.23. The Balaban J connectivity index is 0.000000285. The number of hydrogen-bond acceptors (Lipinski definition) is 0. The number of rotatable bonds is 2. The molecule has 0 nitrogen and oxygen atoms in total. The summed E-state index contributed by atoms with van der Waals surface area (Å²) in [4.78, 5) is 0. The maximum atomic E-state index is 3.82. The van der Waals surface area contributed by atoms with E-state index >= 15 is 0 Å². The van der Waals surface area contributed by atoms with Crippen LogP contribution >= 0.6 is 0 Å². The van der Waals surface area contributed by atoms with Gasteiger partial charge in [-0.2, -0.15) is 29.8 Å². The van der Waals surface area contributed by atoms with Gasteiger partial charge < -0.3 is 24.8 Å². The third-order valence-electron chi connectivity index (χ3n) is 5.35. The van der Waals surface area contributed by atoms with E-state index < -0.39 is 0 Å². The van der Waals surface area contributed by atoms with Crippen molar-refractivity contribution in [1.82, 2.24) is 0 Å². The van der Waals surface area contributed by atoms with Crippen molar-refractivity contribution in [3.05, 3.63) is 96.1 Å². The van der Waals surface area contributed by atoms with Gasteiger partial charge in [-0.15, -0.1) is 30.2 Å². The molecule has 1 saturated carbocycles. The molecule has 0 unspecified atom stereocenters. The van der Waals surface area contributed by atoms with Crippen LogP contribution < -0.4 is 24.8 Å². The van der Waals surface area contributed by atoms with Crippen molar-refractivity contribution in [2.75, 3.05) is 0 Å². The summed E-state index contributed by atoms with van der Waals surface area (Å²) >= 11 is 1.69. The fourth-order valence-corrected chi connectivity index (χ4v) is 4.55. The van der Waals surface area contributed by atoms with Crippen LogP contribution in [0.5, 0.6) is 0 Å². The van der Waals surface area contributed by atoms with Crippen LogP contribution in [0.15, 0.2) is 61.7 Å². The Morgan fingerprint density at radius 2 is 1.61 bits per heavy atom. The molecular weight excluding hydrogens is 498 g/mol. The van der Waals surface area contributed by atoms with Crippen LogP contribution in [0, 0.1) is 12.1 Å². The molecule has 0 spiro atoms. The van der Waals surface area contributed by atoms with E-state index in [-0.39, 0.29) is 24.8 Å². The van der Waals surface area contributed by atoms with Gasteiger partial charge in [0.25, 0.3) is 0 Å². The number of allylic oxidation sites excluding steroid dienone is 4. The normalized spacial score (nSPS) is 14.5. The molecule has 0 aliphatic heterocycles. The topological polar surface area (TPSA) is 0 Å². The first-order valence-electron chi connectivity index (χ1n) is 10.4. The summed E-state index contributed by atoms with van der Waals surface area (Å²) < 4.78 is 1.80. The van der Waals surface area contributed by atoms with Crippen LogP contribution in [0.3, 0.4) is 0 Å². The van der Waals surface area contributed by atoms with Crippen molar-refractivity contribution in [2.24, 2.45) is 0 Å². The number of halogens is 2. The van der Waals surface area contributed by atoms with E-state index in [1.54, 1.807) is 27.4 Å². The van der Waals surface area contributed by atoms with Gasteiger partial charge in [-0.05, 0) is 12.0 Å². The molecular formula is C28H28Cl2Zr-2. The molecule has 0 atom stereocenters. The quantitative estimate of drug-likeness (QED) is 0.442. The van der Waals surface area contributed by atoms with Gasteiger partial charge in [0.2, 0.25) is 0 Å². The van der Waals surface area contributed by atoms with Crippen molar-refractivity contribution >= 4 is 15.4 Å². The second kappa shape index (κ2) is 14.7. The number of fused-ring (bicyclic) bond motifs is 3. The van der Waals surface area contributed by atoms with Gasteiger partial charge in [0.05, 0.1) is 0 Å². The molecule has 160 valence electrons. The van der Waals surface area contributed by atoms with E-state index in [2.05, 4.69) is 55.6 Å². The Morgan fingerprint density at radius 1 is 0.903 bits per heavy atom. The van der Waals surface area contributed by atoms with Crippen LogP contribution in [0.1, 0.15) is 60.8 Å². The average Bonchev–Trinajstić information content (AvgIpc) is 3.45. The van der Waals surface area contributed by atoms with E-state index in [0.29, 0.717) is 0 Å². The summed E-state index contributed by atoms with van der Waals surface area (Å²) in [7, 11) is 0. The van der Waals surface area contributed by atoms with Crippen LogP contribution in [0.2, 0.25) is 0 Å². The van der Waals surface area contributed by atoms with Crippen LogP contribution in [-0.4, -0.2) is 3.21 Å². The molecule has 3 aliphatic carbocycles. The molecule has 5 rings (SSSR count). The zero-order chi connectivity index (χ0) is 20.5. The van der Waals surface area contributed by atoms with E-state index in [9.17, 15) is 0 Å². The van der Waals surface area contributed by atoms with Gasteiger partial charge in [0.1, 0.15) is 0 Å². The van der Waals surface area contributed by atoms with Crippen LogP contribution in [-0.2, 0) is 30.7 Å². The summed E-state index contributed by atoms with van der Waals surface area (Å²) in [6, 6.07) is 14.1. The minimum atomic E-state index is 0. The Bertz CT molecular complexity index is 880. The first-order valence-corrected chi connectivity index (χ1v) is 11.6. The minimum absolute atomic E-state index is 0. The Labute approximate surface area is 215 Å². The molecule has 2 aromatic rings. The van der Waals surface area contributed by atoms with Crippen molar-refractivity contribution in [1.29, 1.82) is 0 Å². The zero-order valence-electron chi connectivity index (χ0n) is 17.9. The molecule has 3 heteroatoms. The molecule has 0 amide bonds. The monoisotopic (exact) mass is 524 g/mol. The molecule has 0 N–H and O–H groups in total. The Kier molecular flexibility index (Phi) is 13.2. The van der Waals surface area contributed by atoms with E-state index in [1.807, 2.05) is 30.4 Å². The second-order valence-electron chi connectivity index (χ2n) is 7.49. The van der Waals surface area contributed by atoms with E-state index in [4.69, 9.17) is 0 Å². The standard InChI is InChI=1S/C17H13.C6H10.C5H5.2ClH.Zr/c1-3-12-5-7-14-11-15-8-6-13(4-2)10-17(15)16(14)9-12;1-2-4-6-5-3-1;1-2-4-5-3-1;;;/h3-7,9-10H,1-2,11H2;1-5H2;1-3H,4H2;2*1H;/q-1;;-1;;;+2/p-2. The average molecular weight is 527 g/mol. The van der Waals surface area contributed by atoms with Gasteiger partial charge in [0, 0.05) is 0 Å². The fourth-order valence-electron chi connectivity index (χ4n) is 3.68. The summed E-state index contributed by atoms with van der Waals surface area (Å²) in [5, 5.41) is 0. The van der Waals surface area contributed by atoms with E-state index in [1.165, 1.54) is 59.9 Å². The molecule has 1 fully saturated rings. The summed E-state index contributed by atoms with van der Waals surface area (Å²) in [5.41, 5.74) is 7.56. The van der Waals surface area contributed by atoms with Crippen molar-refractivity contribution in [2.45, 2.75) is 44.9 Å². The SMILES string of the molecule is C=Cc1c[c-]c2c(c1)-c1cc(C=C)ccc1C2.[C-]1=CC=CC1.[Cl-].[Cl-].[Zr+2]=[C]1CCCCC1. The predicted molar refractivity (Wildman–Crippen MR) is 123 cm³/mol. The summed E-state index contributed by atoms with van der Waals surface area (Å²) in [5.74, 6) is 0. The molecule has 0 radical (unpaired) electrons. The third kappa shape index (κ3) is 8.30. The van der Waals surface area contributed by atoms with Crippen molar-refractivity contribution < 1.29 is 49.0 Å². The molecule has 0 saturated heterocycles. The van der Waals surface area contributed by atoms with Gasteiger partial charge >= 0.3 is 59.5 Å². The Morgan fingerprint density at radius 3 is 2.13 bits per heavy atom. The van der Waals surface area contributed by atoms with Gasteiger partial charge in [-0.25, -0.2) is 12.2 Å². The first kappa shape index (κ1) is 27.8.